The Morgan fingerprint density at radius 3 is 2.26 bits per heavy atom. The quantitative estimate of drug-likeness (QED) is 0.790. The average molecular weight is 363 g/mol. The molecule has 0 aliphatic heterocycles. The second kappa shape index (κ2) is 8.50. The Morgan fingerprint density at radius 1 is 1.07 bits per heavy atom. The van der Waals surface area contributed by atoms with Crippen LogP contribution in [0.1, 0.15) is 38.8 Å². The van der Waals surface area contributed by atoms with Crippen LogP contribution in [0.3, 0.4) is 0 Å². The summed E-state index contributed by atoms with van der Waals surface area (Å²) in [6, 6.07) is 18.4. The van der Waals surface area contributed by atoms with E-state index in [1.807, 2.05) is 50.2 Å². The summed E-state index contributed by atoms with van der Waals surface area (Å²) in [4.78, 5) is 27.8. The van der Waals surface area contributed by atoms with Crippen molar-refractivity contribution in [3.05, 3.63) is 65.7 Å². The molecule has 2 aromatic carbocycles. The lowest BCUT2D eigenvalue weighted by Crippen LogP contribution is -2.49. The molecular weight excluding hydrogens is 338 g/mol. The van der Waals surface area contributed by atoms with E-state index in [1.54, 1.807) is 43.0 Å². The molecule has 1 N–H and O–H groups in total. The molecule has 0 aliphatic carbocycles. The van der Waals surface area contributed by atoms with E-state index in [2.05, 4.69) is 5.32 Å². The second-order valence-corrected chi connectivity index (χ2v) is 7.25. The van der Waals surface area contributed by atoms with Gasteiger partial charge in [0.1, 0.15) is 11.5 Å². The van der Waals surface area contributed by atoms with Crippen LogP contribution in [-0.4, -0.2) is 22.8 Å². The van der Waals surface area contributed by atoms with Gasteiger partial charge in [-0.1, -0.05) is 42.5 Å². The van der Waals surface area contributed by atoms with Gasteiger partial charge in [0.15, 0.2) is 0 Å². The molecule has 0 radical (unpaired) electrons. The summed E-state index contributed by atoms with van der Waals surface area (Å²) >= 11 is 0. The highest BCUT2D eigenvalue weighted by atomic mass is 16.2. The SMILES string of the molecule is CC(C)N(Cc1ccccc1)C(=O)C(C)(C)C(=O)Nc1ccccc1C#N. The van der Waals surface area contributed by atoms with E-state index in [0.717, 1.165) is 5.56 Å². The number of nitrogens with zero attached hydrogens (tertiary/aromatic N) is 2. The molecule has 0 saturated heterocycles. The first-order valence-corrected chi connectivity index (χ1v) is 8.93. The van der Waals surface area contributed by atoms with E-state index >= 15 is 0 Å². The number of carbonyl (C=O) groups is 2. The van der Waals surface area contributed by atoms with Crippen molar-refractivity contribution >= 4 is 17.5 Å². The maximum absolute atomic E-state index is 13.2. The zero-order valence-corrected chi connectivity index (χ0v) is 16.2. The van der Waals surface area contributed by atoms with Crippen LogP contribution in [-0.2, 0) is 16.1 Å². The van der Waals surface area contributed by atoms with Crippen LogP contribution >= 0.6 is 0 Å². The molecule has 0 bridgehead atoms. The normalized spacial score (nSPS) is 11.0. The molecule has 0 spiro atoms. The average Bonchev–Trinajstić information content (AvgIpc) is 2.66. The van der Waals surface area contributed by atoms with Gasteiger partial charge in [-0.2, -0.15) is 5.26 Å². The summed E-state index contributed by atoms with van der Waals surface area (Å²) in [5.74, 6) is -0.692. The van der Waals surface area contributed by atoms with Crippen molar-refractivity contribution in [1.29, 1.82) is 5.26 Å². The fraction of sp³-hybridized carbons (Fsp3) is 0.318. The minimum absolute atomic E-state index is 0.0591. The van der Waals surface area contributed by atoms with Gasteiger partial charge in [0.05, 0.1) is 11.3 Å². The smallest absolute Gasteiger partial charge is 0.239 e. The predicted octanol–water partition coefficient (Wildman–Crippen LogP) is 3.96. The summed E-state index contributed by atoms with van der Waals surface area (Å²) in [5, 5.41) is 11.9. The van der Waals surface area contributed by atoms with Gasteiger partial charge < -0.3 is 10.2 Å². The lowest BCUT2D eigenvalue weighted by Gasteiger charge is -2.34. The van der Waals surface area contributed by atoms with Gasteiger partial charge in [-0.05, 0) is 45.4 Å². The fourth-order valence-electron chi connectivity index (χ4n) is 2.69. The summed E-state index contributed by atoms with van der Waals surface area (Å²) in [6.45, 7) is 7.52. The first-order chi connectivity index (χ1) is 12.8. The topological polar surface area (TPSA) is 73.2 Å². The third kappa shape index (κ3) is 4.73. The highest BCUT2D eigenvalue weighted by Gasteiger charge is 2.40. The number of hydrogen-bond donors (Lipinski definition) is 1. The Balaban J connectivity index is 2.22. The number of nitriles is 1. The molecule has 0 aliphatic rings. The highest BCUT2D eigenvalue weighted by Crippen LogP contribution is 2.25. The molecule has 2 rings (SSSR count). The minimum atomic E-state index is -1.28. The number of rotatable bonds is 6. The number of para-hydroxylation sites is 1. The number of anilines is 1. The summed E-state index contributed by atoms with van der Waals surface area (Å²) in [7, 11) is 0. The first-order valence-electron chi connectivity index (χ1n) is 8.93. The van der Waals surface area contributed by atoms with Crippen LogP contribution in [0.25, 0.3) is 0 Å². The number of nitrogens with one attached hydrogen (secondary N) is 1. The Morgan fingerprint density at radius 2 is 1.67 bits per heavy atom. The molecule has 2 amide bonds. The van der Waals surface area contributed by atoms with Crippen LogP contribution in [0.15, 0.2) is 54.6 Å². The van der Waals surface area contributed by atoms with Crippen molar-refractivity contribution in [3.63, 3.8) is 0 Å². The Kier molecular flexibility index (Phi) is 6.36. The lowest BCUT2D eigenvalue weighted by atomic mass is 9.89. The summed E-state index contributed by atoms with van der Waals surface area (Å²) in [6.07, 6.45) is 0. The van der Waals surface area contributed by atoms with Gasteiger partial charge in [-0.15, -0.1) is 0 Å². The summed E-state index contributed by atoms with van der Waals surface area (Å²) in [5.41, 5.74) is 0.497. The predicted molar refractivity (Wildman–Crippen MR) is 106 cm³/mol. The zero-order chi connectivity index (χ0) is 20.0. The van der Waals surface area contributed by atoms with Crippen molar-refractivity contribution < 1.29 is 9.59 Å². The van der Waals surface area contributed by atoms with Crippen LogP contribution in [0, 0.1) is 16.7 Å². The molecule has 0 saturated carbocycles. The van der Waals surface area contributed by atoms with Gasteiger partial charge in [-0.25, -0.2) is 0 Å². The Hall–Kier alpha value is -3.13. The van der Waals surface area contributed by atoms with E-state index in [0.29, 0.717) is 17.8 Å². The third-order valence-electron chi connectivity index (χ3n) is 4.48. The lowest BCUT2D eigenvalue weighted by molar-refractivity contribution is -0.148. The van der Waals surface area contributed by atoms with Crippen molar-refractivity contribution in [2.45, 2.75) is 40.3 Å². The van der Waals surface area contributed by atoms with E-state index in [-0.39, 0.29) is 11.9 Å². The monoisotopic (exact) mass is 363 g/mol. The van der Waals surface area contributed by atoms with E-state index < -0.39 is 11.3 Å². The molecule has 140 valence electrons. The molecular formula is C22H25N3O2. The maximum Gasteiger partial charge on any atom is 0.239 e. The van der Waals surface area contributed by atoms with Gasteiger partial charge in [0, 0.05) is 12.6 Å². The van der Waals surface area contributed by atoms with E-state index in [9.17, 15) is 14.9 Å². The summed E-state index contributed by atoms with van der Waals surface area (Å²) < 4.78 is 0. The molecule has 2 aromatic rings. The highest BCUT2D eigenvalue weighted by molar-refractivity contribution is 6.10. The van der Waals surface area contributed by atoms with Gasteiger partial charge in [-0.3, -0.25) is 9.59 Å². The molecule has 0 heterocycles. The minimum Gasteiger partial charge on any atom is -0.335 e. The van der Waals surface area contributed by atoms with Gasteiger partial charge in [0.25, 0.3) is 0 Å². The molecule has 0 unspecified atom stereocenters. The van der Waals surface area contributed by atoms with Crippen molar-refractivity contribution in [2.75, 3.05) is 5.32 Å². The molecule has 5 nitrogen and oxygen atoms in total. The largest absolute Gasteiger partial charge is 0.335 e. The Bertz CT molecular complexity index is 851. The molecule has 5 heteroatoms. The molecule has 0 fully saturated rings. The third-order valence-corrected chi connectivity index (χ3v) is 4.48. The van der Waals surface area contributed by atoms with Gasteiger partial charge >= 0.3 is 0 Å². The van der Waals surface area contributed by atoms with Crippen LogP contribution in [0.4, 0.5) is 5.69 Å². The maximum atomic E-state index is 13.2. The van der Waals surface area contributed by atoms with E-state index in [1.165, 1.54) is 0 Å². The van der Waals surface area contributed by atoms with Crippen molar-refractivity contribution in [1.82, 2.24) is 4.90 Å². The zero-order valence-electron chi connectivity index (χ0n) is 16.2. The number of hydrogen-bond acceptors (Lipinski definition) is 3. The molecule has 27 heavy (non-hydrogen) atoms. The molecule has 0 aromatic heterocycles. The van der Waals surface area contributed by atoms with Crippen molar-refractivity contribution in [3.8, 4) is 6.07 Å². The van der Waals surface area contributed by atoms with Crippen LogP contribution in [0.5, 0.6) is 0 Å². The fourth-order valence-corrected chi connectivity index (χ4v) is 2.69. The van der Waals surface area contributed by atoms with Crippen LogP contribution < -0.4 is 5.32 Å². The first kappa shape index (κ1) is 20.2. The number of amides is 2. The standard InChI is InChI=1S/C22H25N3O2/c1-16(2)25(15-17-10-6-5-7-11-17)21(27)22(3,4)20(26)24-19-13-9-8-12-18(19)14-23/h5-13,16H,15H2,1-4H3,(H,24,26). The second-order valence-electron chi connectivity index (χ2n) is 7.25. The molecule has 0 atom stereocenters. The van der Waals surface area contributed by atoms with E-state index in [4.69, 9.17) is 0 Å². The van der Waals surface area contributed by atoms with Crippen LogP contribution in [0.2, 0.25) is 0 Å². The van der Waals surface area contributed by atoms with Gasteiger partial charge in [0.2, 0.25) is 11.8 Å². The number of benzene rings is 2. The Labute approximate surface area is 160 Å². The van der Waals surface area contributed by atoms with Crippen molar-refractivity contribution in [2.24, 2.45) is 5.41 Å². The number of carbonyl (C=O) groups excluding carboxylic acids is 2.